The molecule has 7 heteroatoms. The first-order valence-corrected chi connectivity index (χ1v) is 5.83. The summed E-state index contributed by atoms with van der Waals surface area (Å²) in [5, 5.41) is 12.3. The molecular weight excluding hydrogens is 228 g/mol. The number of hydrogen-bond acceptors (Lipinski definition) is 4. The molecule has 0 amide bonds. The molecule has 5 nitrogen and oxygen atoms in total. The van der Waals surface area contributed by atoms with E-state index in [9.17, 15) is 13.5 Å². The van der Waals surface area contributed by atoms with Crippen molar-refractivity contribution in [3.8, 4) is 0 Å². The van der Waals surface area contributed by atoms with Crippen molar-refractivity contribution in [1.29, 1.82) is 0 Å². The van der Waals surface area contributed by atoms with Gasteiger partial charge in [0.05, 0.1) is 11.9 Å². The largest absolute Gasteiger partial charge is 0.391 e. The molecule has 0 aliphatic carbocycles. The second-order valence-corrected chi connectivity index (χ2v) is 5.77. The summed E-state index contributed by atoms with van der Waals surface area (Å²) >= 11 is 0. The molecule has 0 aromatic heterocycles. The van der Waals surface area contributed by atoms with Crippen LogP contribution in [0.2, 0.25) is 0 Å². The van der Waals surface area contributed by atoms with Crippen molar-refractivity contribution in [3.63, 3.8) is 0 Å². The normalized spacial score (nSPS) is 27.7. The summed E-state index contributed by atoms with van der Waals surface area (Å²) in [6.07, 6.45) is -0.533. The van der Waals surface area contributed by atoms with E-state index in [4.69, 9.17) is 0 Å². The van der Waals surface area contributed by atoms with E-state index in [1.165, 1.54) is 18.4 Å². The zero-order valence-electron chi connectivity index (χ0n) is 8.30. The lowest BCUT2D eigenvalue weighted by Gasteiger charge is -2.16. The minimum atomic E-state index is -3.18. The number of sulfonamides is 1. The summed E-state index contributed by atoms with van der Waals surface area (Å²) in [6, 6.07) is 0. The zero-order valence-corrected chi connectivity index (χ0v) is 9.94. The fourth-order valence-electron chi connectivity index (χ4n) is 1.31. The van der Waals surface area contributed by atoms with E-state index >= 15 is 0 Å². The first-order valence-electron chi connectivity index (χ1n) is 4.22. The predicted octanol–water partition coefficient (Wildman–Crippen LogP) is -1.12. The quantitative estimate of drug-likeness (QED) is 0.660. The Hall–Kier alpha value is 0.120. The van der Waals surface area contributed by atoms with Crippen LogP contribution in [0.5, 0.6) is 0 Å². The Bertz CT molecular complexity index is 268. The number of rotatable bonds is 3. The van der Waals surface area contributed by atoms with Crippen molar-refractivity contribution >= 4 is 22.4 Å². The number of aliphatic hydroxyl groups excluding tert-OH is 1. The van der Waals surface area contributed by atoms with E-state index < -0.39 is 16.1 Å². The number of β-amino-alcohol motifs (C(OH)–C–C–N with tert-alkyl or cyclic N) is 1. The number of nitrogens with one attached hydrogen (secondary N) is 1. The predicted molar refractivity (Wildman–Crippen MR) is 57.1 cm³/mol. The Labute approximate surface area is 90.9 Å². The van der Waals surface area contributed by atoms with Gasteiger partial charge >= 0.3 is 0 Å². The second-order valence-electron chi connectivity index (χ2n) is 3.55. The molecule has 2 atom stereocenters. The number of nitrogens with zero attached hydrogens (tertiary/aromatic N) is 1. The Balaban J connectivity index is 0.00000169. The van der Waals surface area contributed by atoms with Crippen LogP contribution in [-0.4, -0.2) is 56.9 Å². The second kappa shape index (κ2) is 5.27. The lowest BCUT2D eigenvalue weighted by molar-refractivity contribution is 0.157. The maximum Gasteiger partial charge on any atom is 0.214 e. The van der Waals surface area contributed by atoms with Gasteiger partial charge in [-0.25, -0.2) is 12.7 Å². The minimum absolute atomic E-state index is 0. The van der Waals surface area contributed by atoms with Crippen LogP contribution in [0.3, 0.4) is 0 Å². The lowest BCUT2D eigenvalue weighted by atomic mass is 10.1. The van der Waals surface area contributed by atoms with Gasteiger partial charge in [-0.15, -0.1) is 12.4 Å². The van der Waals surface area contributed by atoms with Crippen LogP contribution < -0.4 is 5.32 Å². The smallest absolute Gasteiger partial charge is 0.214 e. The third-order valence-corrected chi connectivity index (χ3v) is 4.25. The fourth-order valence-corrected chi connectivity index (χ4v) is 2.49. The van der Waals surface area contributed by atoms with E-state index in [1.54, 1.807) is 0 Å². The molecule has 0 unspecified atom stereocenters. The number of aliphatic hydroxyl groups is 1. The molecule has 0 bridgehead atoms. The fraction of sp³-hybridized carbons (Fsp3) is 1.00. The molecule has 1 aliphatic heterocycles. The van der Waals surface area contributed by atoms with Crippen LogP contribution in [0.25, 0.3) is 0 Å². The van der Waals surface area contributed by atoms with E-state index in [2.05, 4.69) is 5.32 Å². The Kier molecular flexibility index (Phi) is 5.32. The van der Waals surface area contributed by atoms with Crippen molar-refractivity contribution in [2.45, 2.75) is 6.10 Å². The molecule has 1 aliphatic rings. The molecule has 1 fully saturated rings. The van der Waals surface area contributed by atoms with Gasteiger partial charge in [-0.3, -0.25) is 0 Å². The highest BCUT2D eigenvalue weighted by molar-refractivity contribution is 7.89. The SMILES string of the molecule is CN(C)S(=O)(=O)C[C@@H]1CNC[C@H]1O.Cl. The first kappa shape index (κ1) is 14.1. The zero-order chi connectivity index (χ0) is 10.1. The van der Waals surface area contributed by atoms with Gasteiger partial charge in [-0.1, -0.05) is 0 Å². The summed E-state index contributed by atoms with van der Waals surface area (Å²) in [6.45, 7) is 1.07. The molecule has 0 spiro atoms. The topological polar surface area (TPSA) is 69.6 Å². The van der Waals surface area contributed by atoms with Gasteiger partial charge in [0.25, 0.3) is 0 Å². The molecule has 14 heavy (non-hydrogen) atoms. The summed E-state index contributed by atoms with van der Waals surface area (Å²) in [5.74, 6) is -0.152. The van der Waals surface area contributed by atoms with Crippen molar-refractivity contribution in [2.24, 2.45) is 5.92 Å². The van der Waals surface area contributed by atoms with Gasteiger partial charge < -0.3 is 10.4 Å². The Morgan fingerprint density at radius 2 is 2.00 bits per heavy atom. The molecular formula is C7H17ClN2O3S. The number of hydrogen-bond donors (Lipinski definition) is 2. The van der Waals surface area contributed by atoms with Crippen LogP contribution in [-0.2, 0) is 10.0 Å². The molecule has 86 valence electrons. The average Bonchev–Trinajstić information content (AvgIpc) is 2.35. The summed E-state index contributed by atoms with van der Waals surface area (Å²) in [7, 11) is -0.173. The Morgan fingerprint density at radius 1 is 1.43 bits per heavy atom. The van der Waals surface area contributed by atoms with Crippen LogP contribution in [0.4, 0.5) is 0 Å². The number of halogens is 1. The summed E-state index contributed by atoms with van der Waals surface area (Å²) in [4.78, 5) is 0. The van der Waals surface area contributed by atoms with Crippen molar-refractivity contribution in [2.75, 3.05) is 32.9 Å². The van der Waals surface area contributed by atoms with Crippen LogP contribution in [0.15, 0.2) is 0 Å². The first-order chi connectivity index (χ1) is 5.93. The van der Waals surface area contributed by atoms with Crippen molar-refractivity contribution in [3.05, 3.63) is 0 Å². The third kappa shape index (κ3) is 3.36. The van der Waals surface area contributed by atoms with Gasteiger partial charge in [0.1, 0.15) is 0 Å². The third-order valence-electron chi connectivity index (χ3n) is 2.29. The van der Waals surface area contributed by atoms with E-state index in [0.29, 0.717) is 13.1 Å². The van der Waals surface area contributed by atoms with Gasteiger partial charge in [-0.2, -0.15) is 0 Å². The molecule has 0 aromatic carbocycles. The summed E-state index contributed by atoms with van der Waals surface area (Å²) < 4.78 is 24.0. The Morgan fingerprint density at radius 3 is 2.36 bits per heavy atom. The van der Waals surface area contributed by atoms with Gasteiger partial charge in [0.2, 0.25) is 10.0 Å². The molecule has 0 aromatic rings. The maximum absolute atomic E-state index is 11.4. The molecule has 1 saturated heterocycles. The van der Waals surface area contributed by atoms with E-state index in [1.807, 2.05) is 0 Å². The van der Waals surface area contributed by atoms with E-state index in [0.717, 1.165) is 0 Å². The average molecular weight is 245 g/mol. The van der Waals surface area contributed by atoms with Crippen molar-refractivity contribution in [1.82, 2.24) is 9.62 Å². The highest BCUT2D eigenvalue weighted by Crippen LogP contribution is 2.12. The van der Waals surface area contributed by atoms with Crippen LogP contribution >= 0.6 is 12.4 Å². The maximum atomic E-state index is 11.4. The molecule has 2 N–H and O–H groups in total. The van der Waals surface area contributed by atoms with E-state index in [-0.39, 0.29) is 24.1 Å². The molecule has 0 radical (unpaired) electrons. The highest BCUT2D eigenvalue weighted by Gasteiger charge is 2.30. The van der Waals surface area contributed by atoms with Gasteiger partial charge in [-0.05, 0) is 0 Å². The van der Waals surface area contributed by atoms with Crippen LogP contribution in [0.1, 0.15) is 0 Å². The monoisotopic (exact) mass is 244 g/mol. The molecule has 1 rings (SSSR count). The molecule has 0 saturated carbocycles. The highest BCUT2D eigenvalue weighted by atomic mass is 35.5. The minimum Gasteiger partial charge on any atom is -0.391 e. The lowest BCUT2D eigenvalue weighted by Crippen LogP contribution is -2.33. The van der Waals surface area contributed by atoms with Crippen molar-refractivity contribution < 1.29 is 13.5 Å². The summed E-state index contributed by atoms with van der Waals surface area (Å²) in [5.41, 5.74) is 0. The van der Waals surface area contributed by atoms with Gasteiger partial charge in [0, 0.05) is 33.1 Å². The molecule has 1 heterocycles. The van der Waals surface area contributed by atoms with Crippen LogP contribution in [0, 0.1) is 5.92 Å². The van der Waals surface area contributed by atoms with Gasteiger partial charge in [0.15, 0.2) is 0 Å². The standard InChI is InChI=1S/C7H16N2O3S.ClH/c1-9(2)13(11,12)5-6-3-8-4-7(6)10;/h6-8,10H,3-5H2,1-2H3;1H/t6-,7+;/m0./s1.